The zero-order valence-electron chi connectivity index (χ0n) is 12.3. The van der Waals surface area contributed by atoms with Gasteiger partial charge in [0.1, 0.15) is 4.91 Å². The second-order valence-corrected chi connectivity index (χ2v) is 6.71. The number of methoxy groups -OCH3 is 1. The molecule has 1 aliphatic heterocycles. The van der Waals surface area contributed by atoms with Crippen LogP contribution >= 0.6 is 27.7 Å². The van der Waals surface area contributed by atoms with Crippen molar-refractivity contribution in [2.75, 3.05) is 7.11 Å². The molecule has 2 aromatic carbocycles. The fourth-order valence-electron chi connectivity index (χ4n) is 2.09. The molecule has 0 saturated carbocycles. The van der Waals surface area contributed by atoms with Crippen LogP contribution < -0.4 is 4.74 Å². The summed E-state index contributed by atoms with van der Waals surface area (Å²) in [5, 5.41) is 0. The van der Waals surface area contributed by atoms with E-state index in [1.165, 1.54) is 0 Å². The predicted molar refractivity (Wildman–Crippen MR) is 85.8 cm³/mol. The number of fused-ring (bicyclic) bond motifs is 1. The predicted octanol–water partition coefficient (Wildman–Crippen LogP) is 5.03. The minimum atomic E-state index is -1.99. The third-order valence-corrected chi connectivity index (χ3v) is 4.93. The summed E-state index contributed by atoms with van der Waals surface area (Å²) in [4.78, 5) is 11.1. The molecular formula is C16H7BrF4O3S. The van der Waals surface area contributed by atoms with Gasteiger partial charge in [-0.1, -0.05) is 39.8 Å². The summed E-state index contributed by atoms with van der Waals surface area (Å²) in [6.07, 6.45) is 0. The quantitative estimate of drug-likeness (QED) is 0.287. The van der Waals surface area contributed by atoms with Gasteiger partial charge in [0.25, 0.3) is 0 Å². The van der Waals surface area contributed by atoms with Gasteiger partial charge in [-0.25, -0.2) is 18.0 Å². The van der Waals surface area contributed by atoms with Crippen molar-refractivity contribution in [3.05, 3.63) is 62.5 Å². The highest BCUT2D eigenvalue weighted by Gasteiger charge is 2.35. The van der Waals surface area contributed by atoms with Crippen molar-refractivity contribution in [1.29, 1.82) is 0 Å². The molecule has 0 aliphatic carbocycles. The molecule has 0 unspecified atom stereocenters. The summed E-state index contributed by atoms with van der Waals surface area (Å²) in [5.74, 6) is -9.17. The molecule has 3 rings (SSSR count). The Kier molecular flexibility index (Phi) is 4.79. The fraction of sp³-hybridized carbons (Fsp3) is 0.0625. The van der Waals surface area contributed by atoms with Gasteiger partial charge >= 0.3 is 5.97 Å². The van der Waals surface area contributed by atoms with Crippen molar-refractivity contribution in [1.82, 2.24) is 0 Å². The third-order valence-electron chi connectivity index (χ3n) is 3.27. The lowest BCUT2D eigenvalue weighted by Crippen LogP contribution is -2.15. The molecule has 130 valence electrons. The zero-order valence-corrected chi connectivity index (χ0v) is 14.7. The van der Waals surface area contributed by atoms with E-state index < -0.39 is 39.9 Å². The van der Waals surface area contributed by atoms with Gasteiger partial charge in [-0.15, -0.1) is 0 Å². The Hall–Kier alpha value is -2.00. The van der Waals surface area contributed by atoms with E-state index >= 15 is 0 Å². The lowest BCUT2D eigenvalue weighted by Gasteiger charge is -2.23. The zero-order chi connectivity index (χ0) is 18.3. The Bertz CT molecular complexity index is 913. The summed E-state index contributed by atoms with van der Waals surface area (Å²) in [6, 6.07) is 6.34. The van der Waals surface area contributed by atoms with E-state index in [1.54, 1.807) is 24.3 Å². The number of thioether (sulfide) groups is 1. The Labute approximate surface area is 151 Å². The minimum absolute atomic E-state index is 0.152. The number of hydrogen-bond acceptors (Lipinski definition) is 4. The standard InChI is InChI=1S/C16H7BrF4O3S/c1-23-16(22)15-12(6-2-4-7(17)5-3-6)24-13-10(20)8(18)9(19)11(21)14(13)25-15/h2-5H,1H3. The number of esters is 1. The molecule has 1 heterocycles. The van der Waals surface area contributed by atoms with Crippen LogP contribution in [0, 0.1) is 23.3 Å². The average Bonchev–Trinajstić information content (AvgIpc) is 2.63. The van der Waals surface area contributed by atoms with Crippen LogP contribution in [0.5, 0.6) is 5.75 Å². The number of halogens is 5. The smallest absolute Gasteiger partial charge is 0.348 e. The van der Waals surface area contributed by atoms with E-state index in [-0.39, 0.29) is 10.7 Å². The second-order valence-electron chi connectivity index (χ2n) is 4.78. The Balaban J connectivity index is 2.22. The molecule has 2 aromatic rings. The van der Waals surface area contributed by atoms with Crippen LogP contribution in [0.1, 0.15) is 5.56 Å². The molecule has 0 amide bonds. The Morgan fingerprint density at radius 2 is 1.64 bits per heavy atom. The molecule has 0 bridgehead atoms. The molecule has 0 radical (unpaired) electrons. The van der Waals surface area contributed by atoms with Crippen molar-refractivity contribution in [2.24, 2.45) is 0 Å². The van der Waals surface area contributed by atoms with E-state index in [0.717, 1.165) is 11.6 Å². The summed E-state index contributed by atoms with van der Waals surface area (Å²) < 4.78 is 65.6. The van der Waals surface area contributed by atoms with Crippen LogP contribution in [0.4, 0.5) is 17.6 Å². The van der Waals surface area contributed by atoms with Crippen LogP contribution in [0.25, 0.3) is 5.76 Å². The fourth-order valence-corrected chi connectivity index (χ4v) is 3.38. The van der Waals surface area contributed by atoms with Gasteiger partial charge in [0.15, 0.2) is 23.1 Å². The first-order valence-electron chi connectivity index (χ1n) is 6.65. The van der Waals surface area contributed by atoms with Crippen molar-refractivity contribution in [2.45, 2.75) is 4.90 Å². The van der Waals surface area contributed by atoms with Gasteiger partial charge < -0.3 is 9.47 Å². The first kappa shape index (κ1) is 17.8. The van der Waals surface area contributed by atoms with E-state index in [0.29, 0.717) is 17.3 Å². The Morgan fingerprint density at radius 3 is 2.24 bits per heavy atom. The molecule has 1 aliphatic rings. The van der Waals surface area contributed by atoms with E-state index in [1.807, 2.05) is 0 Å². The molecular weight excluding hydrogens is 428 g/mol. The van der Waals surface area contributed by atoms with Crippen molar-refractivity contribution >= 4 is 39.4 Å². The highest BCUT2D eigenvalue weighted by atomic mass is 79.9. The SMILES string of the molecule is COC(=O)C1=C(c2ccc(Br)cc2)Oc2c(F)c(F)c(F)c(F)c2S1. The number of carbonyl (C=O) groups excluding carboxylic acids is 1. The number of rotatable bonds is 2. The van der Waals surface area contributed by atoms with E-state index in [2.05, 4.69) is 20.7 Å². The molecule has 25 heavy (non-hydrogen) atoms. The van der Waals surface area contributed by atoms with Gasteiger partial charge in [0, 0.05) is 10.0 Å². The molecule has 0 fully saturated rings. The lowest BCUT2D eigenvalue weighted by atomic mass is 10.1. The number of benzene rings is 2. The summed E-state index contributed by atoms with van der Waals surface area (Å²) in [5.41, 5.74) is 0.339. The molecule has 0 atom stereocenters. The highest BCUT2D eigenvalue weighted by molar-refractivity contribution is 9.10. The van der Waals surface area contributed by atoms with Crippen LogP contribution in [-0.4, -0.2) is 13.1 Å². The van der Waals surface area contributed by atoms with Crippen LogP contribution in [0.3, 0.4) is 0 Å². The van der Waals surface area contributed by atoms with Crippen LogP contribution in [-0.2, 0) is 9.53 Å². The van der Waals surface area contributed by atoms with Crippen molar-refractivity contribution < 1.29 is 31.8 Å². The maximum absolute atomic E-state index is 14.0. The van der Waals surface area contributed by atoms with Gasteiger partial charge in [-0.3, -0.25) is 0 Å². The minimum Gasteiger partial charge on any atom is -0.465 e. The second kappa shape index (κ2) is 6.72. The molecule has 0 aromatic heterocycles. The third kappa shape index (κ3) is 3.02. The molecule has 9 heteroatoms. The molecule has 0 N–H and O–H groups in total. The van der Waals surface area contributed by atoms with Gasteiger partial charge in [-0.2, -0.15) is 4.39 Å². The summed E-state index contributed by atoms with van der Waals surface area (Å²) >= 11 is 3.64. The highest BCUT2D eigenvalue weighted by Crippen LogP contribution is 2.48. The number of hydrogen-bond donors (Lipinski definition) is 0. The van der Waals surface area contributed by atoms with E-state index in [4.69, 9.17) is 4.74 Å². The first-order chi connectivity index (χ1) is 11.8. The molecule has 3 nitrogen and oxygen atoms in total. The van der Waals surface area contributed by atoms with Gasteiger partial charge in [-0.05, 0) is 12.1 Å². The Morgan fingerprint density at radius 1 is 1.04 bits per heavy atom. The maximum atomic E-state index is 14.0. The lowest BCUT2D eigenvalue weighted by molar-refractivity contribution is -0.135. The normalized spacial score (nSPS) is 13.4. The van der Waals surface area contributed by atoms with Crippen molar-refractivity contribution in [3.8, 4) is 5.75 Å². The first-order valence-corrected chi connectivity index (χ1v) is 8.26. The summed E-state index contributed by atoms with van der Waals surface area (Å²) in [6.45, 7) is 0. The largest absolute Gasteiger partial charge is 0.465 e. The number of carbonyl (C=O) groups is 1. The van der Waals surface area contributed by atoms with Crippen molar-refractivity contribution in [3.63, 3.8) is 0 Å². The monoisotopic (exact) mass is 434 g/mol. The average molecular weight is 435 g/mol. The molecule has 0 saturated heterocycles. The van der Waals surface area contributed by atoms with E-state index in [9.17, 15) is 22.4 Å². The molecule has 0 spiro atoms. The van der Waals surface area contributed by atoms with Crippen LogP contribution in [0.15, 0.2) is 38.5 Å². The summed E-state index contributed by atoms with van der Waals surface area (Å²) in [7, 11) is 1.09. The maximum Gasteiger partial charge on any atom is 0.348 e. The van der Waals surface area contributed by atoms with Gasteiger partial charge in [0.2, 0.25) is 11.6 Å². The number of ether oxygens (including phenoxy) is 2. The van der Waals surface area contributed by atoms with Gasteiger partial charge in [0.05, 0.1) is 12.0 Å². The topological polar surface area (TPSA) is 35.5 Å². The van der Waals surface area contributed by atoms with Crippen LogP contribution in [0.2, 0.25) is 0 Å².